The summed E-state index contributed by atoms with van der Waals surface area (Å²) in [5.74, 6) is 1.49. The molecule has 7 nitrogen and oxygen atoms in total. The lowest BCUT2D eigenvalue weighted by Crippen LogP contribution is -2.37. The molecule has 1 aromatic heterocycles. The van der Waals surface area contributed by atoms with Crippen LogP contribution in [-0.4, -0.2) is 54.4 Å². The molecular formula is C20H25N3O4. The number of hydrogen-bond acceptors (Lipinski definition) is 6. The third kappa shape index (κ3) is 3.75. The Hall–Kier alpha value is -2.25. The molecule has 1 unspecified atom stereocenters. The molecule has 1 amide bonds. The quantitative estimate of drug-likeness (QED) is 0.663. The van der Waals surface area contributed by atoms with E-state index in [1.807, 2.05) is 23.1 Å². The summed E-state index contributed by atoms with van der Waals surface area (Å²) in [6, 6.07) is 10.1. The van der Waals surface area contributed by atoms with Gasteiger partial charge in [0.15, 0.2) is 5.82 Å². The summed E-state index contributed by atoms with van der Waals surface area (Å²) >= 11 is 0. The number of nitrogens with zero attached hydrogens (tertiary/aromatic N) is 3. The highest BCUT2D eigenvalue weighted by Gasteiger charge is 2.53. The van der Waals surface area contributed by atoms with E-state index in [1.165, 1.54) is 0 Å². The maximum Gasteiger partial charge on any atom is 0.252 e. The summed E-state index contributed by atoms with van der Waals surface area (Å²) in [7, 11) is 1.63. The van der Waals surface area contributed by atoms with Crippen molar-refractivity contribution in [1.82, 2.24) is 15.0 Å². The largest absolute Gasteiger partial charge is 0.382 e. The van der Waals surface area contributed by atoms with Crippen molar-refractivity contribution < 1.29 is 18.8 Å². The summed E-state index contributed by atoms with van der Waals surface area (Å²) in [5, 5.41) is 4.09. The fourth-order valence-electron chi connectivity index (χ4n) is 3.76. The fraction of sp³-hybridized carbons (Fsp3) is 0.550. The first-order valence-electron chi connectivity index (χ1n) is 9.47. The van der Waals surface area contributed by atoms with E-state index >= 15 is 0 Å². The first-order valence-corrected chi connectivity index (χ1v) is 9.47. The van der Waals surface area contributed by atoms with Gasteiger partial charge in [-0.15, -0.1) is 0 Å². The van der Waals surface area contributed by atoms with Gasteiger partial charge >= 0.3 is 0 Å². The average molecular weight is 371 g/mol. The number of carbonyl (C=O) groups is 1. The number of ether oxygens (including phenoxy) is 2. The van der Waals surface area contributed by atoms with Crippen LogP contribution in [0.15, 0.2) is 34.9 Å². The summed E-state index contributed by atoms with van der Waals surface area (Å²) in [4.78, 5) is 19.6. The van der Waals surface area contributed by atoms with Crippen molar-refractivity contribution in [2.45, 2.75) is 37.2 Å². The monoisotopic (exact) mass is 371 g/mol. The highest BCUT2D eigenvalue weighted by Crippen LogP contribution is 2.50. The molecule has 1 aromatic carbocycles. The van der Waals surface area contributed by atoms with Crippen LogP contribution >= 0.6 is 0 Å². The van der Waals surface area contributed by atoms with Crippen molar-refractivity contribution in [1.29, 1.82) is 0 Å². The summed E-state index contributed by atoms with van der Waals surface area (Å²) in [5.41, 5.74) is 0.821. The summed E-state index contributed by atoms with van der Waals surface area (Å²) < 4.78 is 15.6. The molecule has 1 aliphatic carbocycles. The van der Waals surface area contributed by atoms with Gasteiger partial charge in [-0.05, 0) is 24.8 Å². The van der Waals surface area contributed by atoms with Gasteiger partial charge in [-0.25, -0.2) is 0 Å². The lowest BCUT2D eigenvalue weighted by atomic mass is 9.94. The zero-order valence-electron chi connectivity index (χ0n) is 15.6. The van der Waals surface area contributed by atoms with Crippen LogP contribution in [0.2, 0.25) is 0 Å². The van der Waals surface area contributed by atoms with Crippen LogP contribution in [0.3, 0.4) is 0 Å². The molecule has 0 N–H and O–H groups in total. The smallest absolute Gasteiger partial charge is 0.252 e. The number of carbonyl (C=O) groups excluding carboxylic acids is 1. The molecule has 2 heterocycles. The predicted molar refractivity (Wildman–Crippen MR) is 97.1 cm³/mol. The van der Waals surface area contributed by atoms with Gasteiger partial charge in [0, 0.05) is 26.1 Å². The van der Waals surface area contributed by atoms with E-state index in [4.69, 9.17) is 14.0 Å². The number of likely N-dealkylation sites (tertiary alicyclic amines) is 1. The average Bonchev–Trinajstić information content (AvgIpc) is 3.14. The van der Waals surface area contributed by atoms with Crippen LogP contribution in [0, 0.1) is 0 Å². The molecule has 144 valence electrons. The van der Waals surface area contributed by atoms with Gasteiger partial charge < -0.3 is 18.9 Å². The lowest BCUT2D eigenvalue weighted by molar-refractivity contribution is -0.132. The molecule has 0 radical (unpaired) electrons. The molecule has 0 spiro atoms. The molecule has 0 bridgehead atoms. The first kappa shape index (κ1) is 18.1. The zero-order chi connectivity index (χ0) is 18.7. The van der Waals surface area contributed by atoms with Crippen molar-refractivity contribution in [2.24, 2.45) is 0 Å². The molecular weight excluding hydrogens is 346 g/mol. The topological polar surface area (TPSA) is 77.7 Å². The Morgan fingerprint density at radius 2 is 2.11 bits per heavy atom. The zero-order valence-corrected chi connectivity index (χ0v) is 15.6. The van der Waals surface area contributed by atoms with Crippen LogP contribution in [0.5, 0.6) is 0 Å². The van der Waals surface area contributed by atoms with E-state index in [0.29, 0.717) is 31.5 Å². The minimum Gasteiger partial charge on any atom is -0.382 e. The predicted octanol–water partition coefficient (Wildman–Crippen LogP) is 2.28. The van der Waals surface area contributed by atoms with Gasteiger partial charge in [0.1, 0.15) is 6.61 Å². The van der Waals surface area contributed by atoms with Gasteiger partial charge in [0.2, 0.25) is 5.91 Å². The Kier molecular flexibility index (Phi) is 5.22. The number of amides is 1. The number of rotatable bonds is 8. The van der Waals surface area contributed by atoms with Gasteiger partial charge in [-0.1, -0.05) is 35.5 Å². The first-order chi connectivity index (χ1) is 13.2. The van der Waals surface area contributed by atoms with Crippen LogP contribution in [0.4, 0.5) is 0 Å². The van der Waals surface area contributed by atoms with Crippen molar-refractivity contribution in [3.05, 3.63) is 47.6 Å². The van der Waals surface area contributed by atoms with Crippen molar-refractivity contribution in [3.63, 3.8) is 0 Å². The molecule has 4 rings (SSSR count). The maximum atomic E-state index is 13.1. The number of benzene rings is 1. The van der Waals surface area contributed by atoms with Crippen LogP contribution in [0.25, 0.3) is 0 Å². The Morgan fingerprint density at radius 1 is 1.30 bits per heavy atom. The van der Waals surface area contributed by atoms with Gasteiger partial charge in [0.25, 0.3) is 5.89 Å². The second-order valence-corrected chi connectivity index (χ2v) is 7.28. The van der Waals surface area contributed by atoms with Crippen LogP contribution in [-0.2, 0) is 26.3 Å². The van der Waals surface area contributed by atoms with Gasteiger partial charge in [0.05, 0.1) is 18.6 Å². The molecule has 7 heteroatoms. The minimum absolute atomic E-state index is 0.122. The third-order valence-corrected chi connectivity index (χ3v) is 5.47. The SMILES string of the molecule is COCCOCc1nc(C2CCN(C(=O)C3(c4ccccc4)CC3)C2)no1. The Morgan fingerprint density at radius 3 is 2.85 bits per heavy atom. The molecule has 1 saturated carbocycles. The van der Waals surface area contributed by atoms with Crippen molar-refractivity contribution in [3.8, 4) is 0 Å². The van der Waals surface area contributed by atoms with Gasteiger partial charge in [-0.3, -0.25) is 4.79 Å². The third-order valence-electron chi connectivity index (χ3n) is 5.47. The fourth-order valence-corrected chi connectivity index (χ4v) is 3.76. The molecule has 2 aromatic rings. The van der Waals surface area contributed by atoms with E-state index in [9.17, 15) is 4.79 Å². The standard InChI is InChI=1S/C20H25N3O4/c1-25-11-12-26-14-17-21-18(22-27-17)15-7-10-23(13-15)19(24)20(8-9-20)16-5-3-2-4-6-16/h2-6,15H,7-14H2,1H3. The molecule has 1 atom stereocenters. The Balaban J connectivity index is 1.35. The normalized spacial score (nSPS) is 20.8. The highest BCUT2D eigenvalue weighted by atomic mass is 16.5. The van der Waals surface area contributed by atoms with Crippen LogP contribution in [0.1, 0.15) is 42.5 Å². The molecule has 1 saturated heterocycles. The molecule has 27 heavy (non-hydrogen) atoms. The number of methoxy groups -OCH3 is 1. The van der Waals surface area contributed by atoms with E-state index < -0.39 is 0 Å². The minimum atomic E-state index is -0.312. The van der Waals surface area contributed by atoms with Crippen molar-refractivity contribution >= 4 is 5.91 Å². The number of hydrogen-bond donors (Lipinski definition) is 0. The second kappa shape index (κ2) is 7.78. The molecule has 2 fully saturated rings. The number of aromatic nitrogens is 2. The molecule has 1 aliphatic heterocycles. The molecule has 2 aliphatic rings. The van der Waals surface area contributed by atoms with E-state index in [1.54, 1.807) is 7.11 Å². The maximum absolute atomic E-state index is 13.1. The van der Waals surface area contributed by atoms with Gasteiger partial charge in [-0.2, -0.15) is 4.98 Å². The summed E-state index contributed by atoms with van der Waals surface area (Å²) in [6.07, 6.45) is 2.73. The Labute approximate surface area is 158 Å². The van der Waals surface area contributed by atoms with E-state index in [2.05, 4.69) is 22.3 Å². The van der Waals surface area contributed by atoms with Crippen LogP contribution < -0.4 is 0 Å². The van der Waals surface area contributed by atoms with E-state index in [0.717, 1.165) is 31.4 Å². The summed E-state index contributed by atoms with van der Waals surface area (Å²) in [6.45, 7) is 2.69. The lowest BCUT2D eigenvalue weighted by Gasteiger charge is -2.23. The Bertz CT molecular complexity index is 773. The second-order valence-electron chi connectivity index (χ2n) is 7.28. The highest BCUT2D eigenvalue weighted by molar-refractivity contribution is 5.91. The van der Waals surface area contributed by atoms with E-state index in [-0.39, 0.29) is 23.8 Å². The van der Waals surface area contributed by atoms with Crippen molar-refractivity contribution in [2.75, 3.05) is 33.4 Å².